The Kier molecular flexibility index (Phi) is 5.29. The molecule has 0 aromatic carbocycles. The number of hydrogen-bond donors (Lipinski definition) is 1. The van der Waals surface area contributed by atoms with Gasteiger partial charge in [0.05, 0.1) is 13.2 Å². The van der Waals surface area contributed by atoms with Crippen LogP contribution in [0.5, 0.6) is 0 Å². The number of nitrogens with one attached hydrogen (secondary N) is 1. The van der Waals surface area contributed by atoms with Crippen molar-refractivity contribution in [1.29, 1.82) is 0 Å². The molecule has 2 heteroatoms. The Morgan fingerprint density at radius 3 is 2.78 bits per heavy atom. The lowest BCUT2D eigenvalue weighted by atomic mass is 10.2. The number of rotatable bonds is 4. The fourth-order valence-corrected chi connectivity index (χ4v) is 0.318. The van der Waals surface area contributed by atoms with Gasteiger partial charge in [-0.3, -0.25) is 0 Å². The third-order valence-electron chi connectivity index (χ3n) is 0.693. The van der Waals surface area contributed by atoms with Gasteiger partial charge in [-0.2, -0.15) is 5.48 Å². The molecule has 0 aliphatic heterocycles. The molecule has 0 saturated heterocycles. The van der Waals surface area contributed by atoms with Gasteiger partial charge in [-0.05, 0) is 5.92 Å². The lowest BCUT2D eigenvalue weighted by Gasteiger charge is -2.03. The van der Waals surface area contributed by atoms with Gasteiger partial charge in [-0.25, -0.2) is 0 Å². The van der Waals surface area contributed by atoms with E-state index in [4.69, 9.17) is 11.3 Å². The van der Waals surface area contributed by atoms with Crippen molar-refractivity contribution in [2.45, 2.75) is 13.8 Å². The van der Waals surface area contributed by atoms with E-state index in [0.717, 1.165) is 0 Å². The largest absolute Gasteiger partial charge is 0.301 e. The molecule has 0 aromatic heterocycles. The third-order valence-corrected chi connectivity index (χ3v) is 0.693. The molecule has 0 spiro atoms. The average molecular weight is 127 g/mol. The first-order valence-corrected chi connectivity index (χ1v) is 3.05. The maximum atomic E-state index is 4.95. The highest BCUT2D eigenvalue weighted by molar-refractivity contribution is 4.84. The van der Waals surface area contributed by atoms with Crippen LogP contribution in [0.4, 0.5) is 0 Å². The molecule has 0 aromatic rings. The fourth-order valence-electron chi connectivity index (χ4n) is 0.318. The number of terminal acetylenes is 1. The second kappa shape index (κ2) is 5.61. The Morgan fingerprint density at radius 1 is 1.67 bits per heavy atom. The Morgan fingerprint density at radius 2 is 2.33 bits per heavy atom. The molecule has 0 radical (unpaired) electrons. The second-order valence-corrected chi connectivity index (χ2v) is 2.23. The van der Waals surface area contributed by atoms with Crippen LogP contribution in [0.3, 0.4) is 0 Å². The lowest BCUT2D eigenvalue weighted by Crippen LogP contribution is -2.17. The molecule has 1 N–H and O–H groups in total. The number of hydroxylamine groups is 1. The van der Waals surface area contributed by atoms with Crippen molar-refractivity contribution in [1.82, 2.24) is 5.48 Å². The summed E-state index contributed by atoms with van der Waals surface area (Å²) in [7, 11) is 0. The van der Waals surface area contributed by atoms with Crippen molar-refractivity contribution in [2.24, 2.45) is 5.92 Å². The van der Waals surface area contributed by atoms with Crippen LogP contribution in [0.1, 0.15) is 13.8 Å². The summed E-state index contributed by atoms with van der Waals surface area (Å²) in [4.78, 5) is 4.94. The van der Waals surface area contributed by atoms with E-state index in [1.165, 1.54) is 0 Å². The van der Waals surface area contributed by atoms with Crippen LogP contribution in [0, 0.1) is 18.3 Å². The van der Waals surface area contributed by atoms with Gasteiger partial charge < -0.3 is 4.84 Å². The van der Waals surface area contributed by atoms with Crippen molar-refractivity contribution < 1.29 is 4.84 Å². The molecule has 0 amide bonds. The van der Waals surface area contributed by atoms with Gasteiger partial charge in [-0.1, -0.05) is 19.8 Å². The summed E-state index contributed by atoms with van der Waals surface area (Å²) in [6.45, 7) is 5.35. The summed E-state index contributed by atoms with van der Waals surface area (Å²) >= 11 is 0. The van der Waals surface area contributed by atoms with E-state index in [0.29, 0.717) is 19.1 Å². The van der Waals surface area contributed by atoms with Crippen LogP contribution in [-0.2, 0) is 4.84 Å². The van der Waals surface area contributed by atoms with E-state index in [9.17, 15) is 0 Å². The van der Waals surface area contributed by atoms with Crippen molar-refractivity contribution in [3.63, 3.8) is 0 Å². The van der Waals surface area contributed by atoms with Crippen LogP contribution in [0.2, 0.25) is 0 Å². The van der Waals surface area contributed by atoms with Crippen molar-refractivity contribution in [3.8, 4) is 12.3 Å². The standard InChI is InChI=1S/C7H13NO/c1-4-5-8-9-6-7(2)3/h1,7-8H,5-6H2,2-3H3. The minimum Gasteiger partial charge on any atom is -0.301 e. The molecule has 0 unspecified atom stereocenters. The van der Waals surface area contributed by atoms with E-state index in [2.05, 4.69) is 25.2 Å². The van der Waals surface area contributed by atoms with E-state index in [1.54, 1.807) is 0 Å². The predicted octanol–water partition coefficient (Wildman–Crippen LogP) is 0.797. The minimum atomic E-state index is 0.479. The van der Waals surface area contributed by atoms with Crippen LogP contribution in [-0.4, -0.2) is 13.2 Å². The Hall–Kier alpha value is -0.520. The normalized spacial score (nSPS) is 9.56. The minimum absolute atomic E-state index is 0.479. The third kappa shape index (κ3) is 7.48. The topological polar surface area (TPSA) is 21.3 Å². The highest BCUT2D eigenvalue weighted by Gasteiger charge is 1.90. The Bertz CT molecular complexity index is 93.6. The zero-order valence-electron chi connectivity index (χ0n) is 5.98. The molecular weight excluding hydrogens is 114 g/mol. The quantitative estimate of drug-likeness (QED) is 0.342. The Labute approximate surface area is 56.5 Å². The van der Waals surface area contributed by atoms with E-state index < -0.39 is 0 Å². The van der Waals surface area contributed by atoms with Gasteiger partial charge in [-0.15, -0.1) is 6.42 Å². The number of hydrogen-bond acceptors (Lipinski definition) is 2. The van der Waals surface area contributed by atoms with Crippen LogP contribution >= 0.6 is 0 Å². The molecule has 0 rings (SSSR count). The summed E-state index contributed by atoms with van der Waals surface area (Å²) < 4.78 is 0. The average Bonchev–Trinajstić information content (AvgIpc) is 1.80. The summed E-state index contributed by atoms with van der Waals surface area (Å²) in [6.07, 6.45) is 4.95. The predicted molar refractivity (Wildman–Crippen MR) is 37.6 cm³/mol. The maximum absolute atomic E-state index is 4.95. The van der Waals surface area contributed by atoms with Gasteiger partial charge in [0.25, 0.3) is 0 Å². The summed E-state index contributed by atoms with van der Waals surface area (Å²) in [5.41, 5.74) is 2.63. The molecule has 52 valence electrons. The van der Waals surface area contributed by atoms with Gasteiger partial charge in [0, 0.05) is 0 Å². The smallest absolute Gasteiger partial charge is 0.0818 e. The highest BCUT2D eigenvalue weighted by atomic mass is 16.6. The van der Waals surface area contributed by atoms with Gasteiger partial charge >= 0.3 is 0 Å². The van der Waals surface area contributed by atoms with E-state index in [1.807, 2.05) is 0 Å². The molecule has 0 fully saturated rings. The van der Waals surface area contributed by atoms with Crippen LogP contribution in [0.15, 0.2) is 0 Å². The molecule has 0 aliphatic carbocycles. The molecule has 9 heavy (non-hydrogen) atoms. The maximum Gasteiger partial charge on any atom is 0.0818 e. The Balaban J connectivity index is 2.85. The van der Waals surface area contributed by atoms with Gasteiger partial charge in [0.2, 0.25) is 0 Å². The molecule has 0 atom stereocenters. The van der Waals surface area contributed by atoms with E-state index >= 15 is 0 Å². The zero-order chi connectivity index (χ0) is 7.11. The van der Waals surface area contributed by atoms with Crippen LogP contribution < -0.4 is 5.48 Å². The monoisotopic (exact) mass is 127 g/mol. The summed E-state index contributed by atoms with van der Waals surface area (Å²) in [5.74, 6) is 2.96. The molecule has 0 aliphatic rings. The van der Waals surface area contributed by atoms with Gasteiger partial charge in [0.1, 0.15) is 0 Å². The van der Waals surface area contributed by atoms with E-state index in [-0.39, 0.29) is 0 Å². The molecular formula is C7H13NO. The van der Waals surface area contributed by atoms with Crippen LogP contribution in [0.25, 0.3) is 0 Å². The highest BCUT2D eigenvalue weighted by Crippen LogP contribution is 1.88. The summed E-state index contributed by atoms with van der Waals surface area (Å²) in [6, 6.07) is 0. The summed E-state index contributed by atoms with van der Waals surface area (Å²) in [5, 5.41) is 0. The first-order valence-electron chi connectivity index (χ1n) is 3.05. The SMILES string of the molecule is C#CCNOCC(C)C. The molecule has 2 nitrogen and oxygen atoms in total. The second-order valence-electron chi connectivity index (χ2n) is 2.23. The van der Waals surface area contributed by atoms with Crippen molar-refractivity contribution in [2.75, 3.05) is 13.2 Å². The first-order chi connectivity index (χ1) is 4.27. The van der Waals surface area contributed by atoms with Crippen molar-refractivity contribution >= 4 is 0 Å². The lowest BCUT2D eigenvalue weighted by molar-refractivity contribution is 0.0317. The first kappa shape index (κ1) is 8.48. The zero-order valence-corrected chi connectivity index (χ0v) is 5.98. The van der Waals surface area contributed by atoms with Crippen molar-refractivity contribution in [3.05, 3.63) is 0 Å². The molecule has 0 bridgehead atoms. The molecule has 0 saturated carbocycles. The van der Waals surface area contributed by atoms with Gasteiger partial charge in [0.15, 0.2) is 0 Å². The fraction of sp³-hybridized carbons (Fsp3) is 0.714. The molecule has 0 heterocycles.